The molecule has 172 valence electrons. The van der Waals surface area contributed by atoms with Crippen molar-refractivity contribution in [1.82, 2.24) is 4.57 Å². The van der Waals surface area contributed by atoms with Gasteiger partial charge in [-0.15, -0.1) is 0 Å². The summed E-state index contributed by atoms with van der Waals surface area (Å²) in [6.45, 7) is 0. The zero-order valence-corrected chi connectivity index (χ0v) is 20.0. The minimum absolute atomic E-state index is 1.04. The average molecular weight is 463 g/mol. The lowest BCUT2D eigenvalue weighted by Crippen LogP contribution is -1.99. The molecule has 1 heterocycles. The number of nitrogens with one attached hydrogen (secondary N) is 1. The first kappa shape index (κ1) is 20.8. The molecule has 6 aromatic rings. The van der Waals surface area contributed by atoms with Crippen LogP contribution in [0, 0.1) is 0 Å². The monoisotopic (exact) mass is 462 g/mol. The van der Waals surface area contributed by atoms with E-state index in [1.807, 2.05) is 0 Å². The average Bonchev–Trinajstić information content (AvgIpc) is 3.28. The first-order valence-electron chi connectivity index (χ1n) is 12.6. The zero-order valence-electron chi connectivity index (χ0n) is 20.0. The van der Waals surface area contributed by atoms with E-state index in [1.165, 1.54) is 49.4 Å². The Bertz CT molecular complexity index is 1780. The van der Waals surface area contributed by atoms with Gasteiger partial charge in [0.15, 0.2) is 0 Å². The van der Waals surface area contributed by atoms with Crippen LogP contribution in [-0.4, -0.2) is 4.57 Å². The quantitative estimate of drug-likeness (QED) is 0.276. The topological polar surface area (TPSA) is 17.0 Å². The van der Waals surface area contributed by atoms with Crippen LogP contribution < -0.4 is 5.32 Å². The first-order valence-corrected chi connectivity index (χ1v) is 12.6. The van der Waals surface area contributed by atoms with E-state index in [-0.39, 0.29) is 0 Å². The molecule has 1 N–H and O–H groups in total. The van der Waals surface area contributed by atoms with Crippen molar-refractivity contribution in [3.05, 3.63) is 127 Å². The second-order valence-electron chi connectivity index (χ2n) is 9.44. The molecule has 0 aliphatic heterocycles. The van der Waals surface area contributed by atoms with Gasteiger partial charge in [-0.25, -0.2) is 0 Å². The predicted octanol–water partition coefficient (Wildman–Crippen LogP) is 9.55. The third-order valence-electron chi connectivity index (χ3n) is 7.22. The maximum absolute atomic E-state index is 3.64. The maximum atomic E-state index is 3.64. The third kappa shape index (κ3) is 3.50. The van der Waals surface area contributed by atoms with Crippen LogP contribution in [0.25, 0.3) is 49.4 Å². The highest BCUT2D eigenvalue weighted by Crippen LogP contribution is 2.39. The van der Waals surface area contributed by atoms with Crippen LogP contribution in [0.4, 0.5) is 11.4 Å². The molecule has 1 aliphatic carbocycles. The molecule has 7 rings (SSSR count). The van der Waals surface area contributed by atoms with Crippen molar-refractivity contribution in [2.75, 3.05) is 5.32 Å². The van der Waals surface area contributed by atoms with Crippen LogP contribution in [-0.2, 0) is 0 Å². The van der Waals surface area contributed by atoms with Gasteiger partial charge in [0.25, 0.3) is 0 Å². The van der Waals surface area contributed by atoms with Gasteiger partial charge in [-0.05, 0) is 71.1 Å². The molecule has 1 aromatic heterocycles. The SMILES string of the molecule is C1=CCCC(n2c3cc(Nc4ccc(-c5ccccc5)cc4)ccc3c3c4ccccc4ccc32)=C1. The van der Waals surface area contributed by atoms with Crippen LogP contribution in [0.2, 0.25) is 0 Å². The van der Waals surface area contributed by atoms with E-state index in [9.17, 15) is 0 Å². The Labute approximate surface area is 210 Å². The van der Waals surface area contributed by atoms with E-state index >= 15 is 0 Å². The van der Waals surface area contributed by atoms with Gasteiger partial charge < -0.3 is 9.88 Å². The van der Waals surface area contributed by atoms with Gasteiger partial charge in [0.05, 0.1) is 11.0 Å². The van der Waals surface area contributed by atoms with Gasteiger partial charge in [0.2, 0.25) is 0 Å². The molecule has 0 saturated heterocycles. The molecule has 0 bridgehead atoms. The fraction of sp³-hybridized carbons (Fsp3) is 0.0588. The molecule has 2 heteroatoms. The van der Waals surface area contributed by atoms with Crippen molar-refractivity contribution in [2.24, 2.45) is 0 Å². The molecule has 0 amide bonds. The molecular weight excluding hydrogens is 436 g/mol. The Morgan fingerprint density at radius 3 is 2.22 bits per heavy atom. The van der Waals surface area contributed by atoms with E-state index in [2.05, 4.69) is 137 Å². The Kier molecular flexibility index (Phi) is 4.96. The Hall–Kier alpha value is -4.56. The minimum Gasteiger partial charge on any atom is -0.355 e. The highest BCUT2D eigenvalue weighted by atomic mass is 15.0. The largest absolute Gasteiger partial charge is 0.355 e. The number of anilines is 2. The van der Waals surface area contributed by atoms with Gasteiger partial charge in [0.1, 0.15) is 0 Å². The number of benzene rings is 5. The number of allylic oxidation sites excluding steroid dienone is 4. The molecule has 5 aromatic carbocycles. The maximum Gasteiger partial charge on any atom is 0.0558 e. The smallest absolute Gasteiger partial charge is 0.0558 e. The van der Waals surface area contributed by atoms with Gasteiger partial charge in [-0.1, -0.05) is 91.0 Å². The molecule has 36 heavy (non-hydrogen) atoms. The fourth-order valence-electron chi connectivity index (χ4n) is 5.49. The number of nitrogens with zero attached hydrogens (tertiary/aromatic N) is 1. The van der Waals surface area contributed by atoms with E-state index in [1.54, 1.807) is 0 Å². The van der Waals surface area contributed by atoms with Crippen molar-refractivity contribution < 1.29 is 0 Å². The molecule has 0 atom stereocenters. The molecule has 0 unspecified atom stereocenters. The summed E-state index contributed by atoms with van der Waals surface area (Å²) in [7, 11) is 0. The van der Waals surface area contributed by atoms with Crippen LogP contribution in [0.5, 0.6) is 0 Å². The lowest BCUT2D eigenvalue weighted by atomic mass is 10.0. The van der Waals surface area contributed by atoms with Gasteiger partial charge >= 0.3 is 0 Å². The highest BCUT2D eigenvalue weighted by molar-refractivity contribution is 6.22. The summed E-state index contributed by atoms with van der Waals surface area (Å²) in [5, 5.41) is 8.85. The summed E-state index contributed by atoms with van der Waals surface area (Å²) in [6, 6.07) is 39.2. The molecule has 1 aliphatic rings. The van der Waals surface area contributed by atoms with Crippen molar-refractivity contribution in [1.29, 1.82) is 0 Å². The van der Waals surface area contributed by atoms with Crippen molar-refractivity contribution in [3.63, 3.8) is 0 Å². The molecule has 0 fully saturated rings. The molecule has 0 saturated carbocycles. The summed E-state index contributed by atoms with van der Waals surface area (Å²) in [5.74, 6) is 0. The lowest BCUT2D eigenvalue weighted by molar-refractivity contribution is 0.979. The van der Waals surface area contributed by atoms with E-state index < -0.39 is 0 Å². The summed E-state index contributed by atoms with van der Waals surface area (Å²) in [5.41, 5.74) is 8.50. The van der Waals surface area contributed by atoms with E-state index in [0.29, 0.717) is 0 Å². The summed E-state index contributed by atoms with van der Waals surface area (Å²) >= 11 is 0. The predicted molar refractivity (Wildman–Crippen MR) is 155 cm³/mol. The third-order valence-corrected chi connectivity index (χ3v) is 7.22. The van der Waals surface area contributed by atoms with Crippen LogP contribution in [0.1, 0.15) is 12.8 Å². The fourth-order valence-corrected chi connectivity index (χ4v) is 5.49. The Morgan fingerprint density at radius 1 is 0.611 bits per heavy atom. The highest BCUT2D eigenvalue weighted by Gasteiger charge is 2.17. The first-order chi connectivity index (χ1) is 17.8. The van der Waals surface area contributed by atoms with E-state index in [4.69, 9.17) is 0 Å². The number of fused-ring (bicyclic) bond motifs is 5. The summed E-state index contributed by atoms with van der Waals surface area (Å²) in [4.78, 5) is 0. The van der Waals surface area contributed by atoms with E-state index in [0.717, 1.165) is 24.2 Å². The Balaban J connectivity index is 1.36. The van der Waals surface area contributed by atoms with Gasteiger partial charge in [-0.3, -0.25) is 0 Å². The van der Waals surface area contributed by atoms with Gasteiger partial charge in [0, 0.05) is 27.8 Å². The van der Waals surface area contributed by atoms with Crippen molar-refractivity contribution >= 4 is 49.7 Å². The number of hydrogen-bond donors (Lipinski definition) is 1. The molecular formula is C34H26N2. The number of hydrogen-bond acceptors (Lipinski definition) is 1. The molecule has 0 spiro atoms. The van der Waals surface area contributed by atoms with Crippen LogP contribution in [0.3, 0.4) is 0 Å². The molecule has 0 radical (unpaired) electrons. The normalized spacial score (nSPS) is 13.4. The van der Waals surface area contributed by atoms with Gasteiger partial charge in [-0.2, -0.15) is 0 Å². The summed E-state index contributed by atoms with van der Waals surface area (Å²) in [6.07, 6.45) is 8.82. The minimum atomic E-state index is 1.04. The molecule has 2 nitrogen and oxygen atoms in total. The zero-order chi connectivity index (χ0) is 23.9. The van der Waals surface area contributed by atoms with Crippen LogP contribution >= 0.6 is 0 Å². The Morgan fingerprint density at radius 2 is 1.39 bits per heavy atom. The van der Waals surface area contributed by atoms with Crippen LogP contribution in [0.15, 0.2) is 127 Å². The van der Waals surface area contributed by atoms with Crippen molar-refractivity contribution in [2.45, 2.75) is 12.8 Å². The number of rotatable bonds is 4. The number of aromatic nitrogens is 1. The lowest BCUT2D eigenvalue weighted by Gasteiger charge is -2.15. The van der Waals surface area contributed by atoms with Crippen molar-refractivity contribution in [3.8, 4) is 11.1 Å². The summed E-state index contributed by atoms with van der Waals surface area (Å²) < 4.78 is 2.46. The second-order valence-corrected chi connectivity index (χ2v) is 9.44. The standard InChI is InChI=1S/C34H26N2/c1-3-9-24(10-4-1)25-15-18-27(19-16-25)35-28-20-21-31-33(23-28)36(29-12-5-2-6-13-29)32-22-17-26-11-7-8-14-30(26)34(31)32/h1-5,7-12,14-23,35H,6,13H2. The second kappa shape index (κ2) is 8.58.